The molecule has 146 valence electrons. The van der Waals surface area contributed by atoms with Crippen LogP contribution in [0.2, 0.25) is 0 Å². The first-order valence-electron chi connectivity index (χ1n) is 10.2. The highest BCUT2D eigenvalue weighted by Crippen LogP contribution is 2.48. The molecule has 3 nitrogen and oxygen atoms in total. The minimum Gasteiger partial charge on any atom is -0.309 e. The Morgan fingerprint density at radius 2 is 1.56 bits per heavy atom. The first-order chi connectivity index (χ1) is 13.2. The highest BCUT2D eigenvalue weighted by molar-refractivity contribution is 7.53. The van der Waals surface area contributed by atoms with E-state index in [-0.39, 0.29) is 0 Å². The molecule has 1 aliphatic carbocycles. The van der Waals surface area contributed by atoms with Crippen LogP contribution < -0.4 is 0 Å². The van der Waals surface area contributed by atoms with Crippen molar-refractivity contribution in [3.63, 3.8) is 0 Å². The van der Waals surface area contributed by atoms with E-state index < -0.39 is 7.60 Å². The first-order valence-corrected chi connectivity index (χ1v) is 12.0. The lowest BCUT2D eigenvalue weighted by atomic mass is 9.97. The molecule has 0 spiro atoms. The Hall–Kier alpha value is -1.41. The Morgan fingerprint density at radius 1 is 0.852 bits per heavy atom. The van der Waals surface area contributed by atoms with E-state index in [4.69, 9.17) is 9.05 Å². The van der Waals surface area contributed by atoms with Crippen molar-refractivity contribution in [1.29, 1.82) is 0 Å². The van der Waals surface area contributed by atoms with Gasteiger partial charge in [-0.2, -0.15) is 0 Å². The lowest BCUT2D eigenvalue weighted by molar-refractivity contribution is 0.219. The zero-order valence-corrected chi connectivity index (χ0v) is 17.5. The smallest absolute Gasteiger partial charge is 0.309 e. The summed E-state index contributed by atoms with van der Waals surface area (Å²) in [5.74, 6) is 0. The minimum absolute atomic E-state index is 0.443. The molecular weight excluding hydrogens is 355 g/mol. The lowest BCUT2D eigenvalue weighted by Crippen LogP contribution is -2.00. The van der Waals surface area contributed by atoms with Gasteiger partial charge in [-0.25, -0.2) is 0 Å². The summed E-state index contributed by atoms with van der Waals surface area (Å²) >= 11 is 0. The summed E-state index contributed by atoms with van der Waals surface area (Å²) in [6.07, 6.45) is 6.99. The Morgan fingerprint density at radius 3 is 2.33 bits per heavy atom. The Bertz CT molecular complexity index is 790. The van der Waals surface area contributed by atoms with Crippen molar-refractivity contribution in [2.24, 2.45) is 0 Å². The molecule has 4 heteroatoms. The van der Waals surface area contributed by atoms with Gasteiger partial charge in [0.15, 0.2) is 0 Å². The van der Waals surface area contributed by atoms with Crippen LogP contribution in [-0.2, 0) is 26.5 Å². The maximum absolute atomic E-state index is 12.5. The molecule has 0 aliphatic heterocycles. The SMILES string of the molecule is CCOP(=O)(CCCCCCc1cccc2c1Cc1ccccc1-2)OCC. The Kier molecular flexibility index (Phi) is 7.29. The van der Waals surface area contributed by atoms with Crippen LogP contribution in [0.1, 0.15) is 56.2 Å². The highest BCUT2D eigenvalue weighted by Gasteiger charge is 2.22. The summed E-state index contributed by atoms with van der Waals surface area (Å²) in [6, 6.07) is 15.5. The minimum atomic E-state index is -2.87. The summed E-state index contributed by atoms with van der Waals surface area (Å²) in [6.45, 7) is 4.61. The van der Waals surface area contributed by atoms with Crippen LogP contribution in [0.4, 0.5) is 0 Å². The summed E-state index contributed by atoms with van der Waals surface area (Å²) in [5.41, 5.74) is 7.26. The Balaban J connectivity index is 1.47. The third-order valence-electron chi connectivity index (χ3n) is 5.23. The number of fused-ring (bicyclic) bond motifs is 3. The molecule has 0 heterocycles. The number of aryl methyl sites for hydroxylation is 1. The van der Waals surface area contributed by atoms with Gasteiger partial charge in [0.05, 0.1) is 19.4 Å². The van der Waals surface area contributed by atoms with Gasteiger partial charge in [-0.3, -0.25) is 4.57 Å². The largest absolute Gasteiger partial charge is 0.330 e. The number of hydrogen-bond acceptors (Lipinski definition) is 3. The van der Waals surface area contributed by atoms with Crippen LogP contribution in [0.5, 0.6) is 0 Å². The molecule has 2 aromatic carbocycles. The fraction of sp³-hybridized carbons (Fsp3) is 0.478. The van der Waals surface area contributed by atoms with Crippen LogP contribution in [0.3, 0.4) is 0 Å². The molecule has 0 saturated carbocycles. The van der Waals surface area contributed by atoms with Crippen molar-refractivity contribution in [3.8, 4) is 11.1 Å². The van der Waals surface area contributed by atoms with Crippen LogP contribution in [-0.4, -0.2) is 19.4 Å². The maximum atomic E-state index is 12.5. The average molecular weight is 386 g/mol. The molecule has 0 bridgehead atoms. The van der Waals surface area contributed by atoms with Gasteiger partial charge in [0.2, 0.25) is 0 Å². The molecule has 0 fully saturated rings. The van der Waals surface area contributed by atoms with E-state index in [0.29, 0.717) is 19.4 Å². The molecule has 0 unspecified atom stereocenters. The predicted molar refractivity (Wildman–Crippen MR) is 113 cm³/mol. The first kappa shape index (κ1) is 20.3. The molecule has 0 aromatic heterocycles. The Labute approximate surface area is 163 Å². The second-order valence-corrected chi connectivity index (χ2v) is 9.30. The van der Waals surface area contributed by atoms with Crippen molar-refractivity contribution in [2.45, 2.75) is 52.4 Å². The van der Waals surface area contributed by atoms with Crippen molar-refractivity contribution < 1.29 is 13.6 Å². The maximum Gasteiger partial charge on any atom is 0.330 e. The molecule has 0 amide bonds. The van der Waals surface area contributed by atoms with Gasteiger partial charge in [-0.15, -0.1) is 0 Å². The summed E-state index contributed by atoms with van der Waals surface area (Å²) in [7, 11) is -2.87. The summed E-state index contributed by atoms with van der Waals surface area (Å²) in [4.78, 5) is 0. The summed E-state index contributed by atoms with van der Waals surface area (Å²) in [5, 5.41) is 0. The van der Waals surface area contributed by atoms with Gasteiger partial charge < -0.3 is 9.05 Å². The molecule has 2 aromatic rings. The third-order valence-corrected chi connectivity index (χ3v) is 7.39. The van der Waals surface area contributed by atoms with Crippen molar-refractivity contribution in [3.05, 3.63) is 59.2 Å². The van der Waals surface area contributed by atoms with Gasteiger partial charge in [-0.1, -0.05) is 55.3 Å². The molecule has 0 saturated heterocycles. The van der Waals surface area contributed by atoms with E-state index in [0.717, 1.165) is 32.1 Å². The van der Waals surface area contributed by atoms with Gasteiger partial charge in [0.25, 0.3) is 0 Å². The van der Waals surface area contributed by atoms with E-state index >= 15 is 0 Å². The molecule has 0 radical (unpaired) electrons. The van der Waals surface area contributed by atoms with Crippen molar-refractivity contribution in [1.82, 2.24) is 0 Å². The molecule has 0 atom stereocenters. The second kappa shape index (κ2) is 9.68. The standard InChI is InChI=1S/C23H31O3P/c1-3-25-27(24,26-4-2)17-10-6-5-7-12-19-14-11-16-22-21-15-9-8-13-20(21)18-23(19)22/h8-9,11,13-16H,3-7,10,12,17-18H2,1-2H3. The third kappa shape index (κ3) is 5.10. The van der Waals surface area contributed by atoms with Crippen LogP contribution in [0, 0.1) is 0 Å². The van der Waals surface area contributed by atoms with Crippen LogP contribution in [0.25, 0.3) is 11.1 Å². The quantitative estimate of drug-likeness (QED) is 0.274. The highest BCUT2D eigenvalue weighted by atomic mass is 31.2. The topological polar surface area (TPSA) is 35.5 Å². The van der Waals surface area contributed by atoms with Gasteiger partial charge in [-0.05, 0) is 67.3 Å². The van der Waals surface area contributed by atoms with E-state index in [1.807, 2.05) is 13.8 Å². The summed E-state index contributed by atoms with van der Waals surface area (Å²) < 4.78 is 23.2. The number of benzene rings is 2. The number of unbranched alkanes of at least 4 members (excludes halogenated alkanes) is 3. The van der Waals surface area contributed by atoms with Gasteiger partial charge in [0.1, 0.15) is 0 Å². The molecule has 0 N–H and O–H groups in total. The van der Waals surface area contributed by atoms with Crippen molar-refractivity contribution in [2.75, 3.05) is 19.4 Å². The van der Waals surface area contributed by atoms with Crippen LogP contribution >= 0.6 is 7.60 Å². The predicted octanol–water partition coefficient (Wildman–Crippen LogP) is 6.63. The zero-order chi connectivity index (χ0) is 19.1. The normalized spacial score (nSPS) is 12.8. The average Bonchev–Trinajstić information content (AvgIpc) is 3.04. The zero-order valence-electron chi connectivity index (χ0n) is 16.6. The number of hydrogen-bond donors (Lipinski definition) is 0. The van der Waals surface area contributed by atoms with E-state index in [1.54, 1.807) is 0 Å². The molecule has 27 heavy (non-hydrogen) atoms. The van der Waals surface area contributed by atoms with E-state index in [2.05, 4.69) is 42.5 Å². The van der Waals surface area contributed by atoms with Gasteiger partial charge in [0, 0.05) is 0 Å². The van der Waals surface area contributed by atoms with Crippen LogP contribution in [0.15, 0.2) is 42.5 Å². The molecule has 3 rings (SSSR count). The fourth-order valence-electron chi connectivity index (χ4n) is 3.99. The number of rotatable bonds is 11. The van der Waals surface area contributed by atoms with Crippen molar-refractivity contribution >= 4 is 7.60 Å². The monoisotopic (exact) mass is 386 g/mol. The second-order valence-electron chi connectivity index (χ2n) is 7.11. The molecule has 1 aliphatic rings. The lowest BCUT2D eigenvalue weighted by Gasteiger charge is -2.16. The van der Waals surface area contributed by atoms with Gasteiger partial charge >= 0.3 is 7.60 Å². The van der Waals surface area contributed by atoms with E-state index in [1.165, 1.54) is 34.2 Å². The van der Waals surface area contributed by atoms with E-state index in [9.17, 15) is 4.57 Å². The fourth-order valence-corrected chi connectivity index (χ4v) is 5.72. The molecular formula is C23H31O3P.